The first-order chi connectivity index (χ1) is 15.9. The molecular weight excluding hydrogens is 462 g/mol. The molecule has 2 aromatic rings. The third-order valence-electron chi connectivity index (χ3n) is 6.06. The van der Waals surface area contributed by atoms with Gasteiger partial charge in [0.25, 0.3) is 0 Å². The second-order valence-electron chi connectivity index (χ2n) is 8.13. The Labute approximate surface area is 198 Å². The summed E-state index contributed by atoms with van der Waals surface area (Å²) in [5.74, 6) is -0.103. The van der Waals surface area contributed by atoms with Crippen LogP contribution in [0.3, 0.4) is 0 Å². The van der Waals surface area contributed by atoms with Crippen molar-refractivity contribution in [3.05, 3.63) is 41.9 Å². The highest BCUT2D eigenvalue weighted by Crippen LogP contribution is 2.20. The molecule has 2 aliphatic rings. The second-order valence-corrected chi connectivity index (χ2v) is 10.9. The van der Waals surface area contributed by atoms with Crippen LogP contribution in [-0.2, 0) is 19.6 Å². The SMILES string of the molecule is O=C(CCC(=O)N1CCN(S(=O)(=O)c2ccccc2)CC1)N1CCCN(c2nccs2)CC1. The van der Waals surface area contributed by atoms with Gasteiger partial charge < -0.3 is 14.7 Å². The highest BCUT2D eigenvalue weighted by atomic mass is 32.2. The predicted octanol–water partition coefficient (Wildman–Crippen LogP) is 1.50. The zero-order valence-electron chi connectivity index (χ0n) is 18.5. The summed E-state index contributed by atoms with van der Waals surface area (Å²) in [6.07, 6.45) is 2.99. The van der Waals surface area contributed by atoms with E-state index in [0.29, 0.717) is 26.2 Å². The summed E-state index contributed by atoms with van der Waals surface area (Å²) in [7, 11) is -3.55. The average molecular weight is 492 g/mol. The van der Waals surface area contributed by atoms with E-state index < -0.39 is 10.0 Å². The maximum Gasteiger partial charge on any atom is 0.243 e. The largest absolute Gasteiger partial charge is 0.346 e. The van der Waals surface area contributed by atoms with Crippen molar-refractivity contribution in [1.29, 1.82) is 0 Å². The van der Waals surface area contributed by atoms with Crippen molar-refractivity contribution in [3.8, 4) is 0 Å². The third kappa shape index (κ3) is 5.71. The number of benzene rings is 1. The number of thiazole rings is 1. The number of carbonyl (C=O) groups excluding carboxylic acids is 2. The second kappa shape index (κ2) is 10.6. The Hall–Kier alpha value is -2.50. The fraction of sp³-hybridized carbons (Fsp3) is 0.500. The van der Waals surface area contributed by atoms with Gasteiger partial charge in [0.1, 0.15) is 0 Å². The topological polar surface area (TPSA) is 94.1 Å². The van der Waals surface area contributed by atoms with Crippen molar-refractivity contribution in [2.75, 3.05) is 57.3 Å². The first-order valence-corrected chi connectivity index (χ1v) is 13.5. The number of rotatable bonds is 6. The predicted molar refractivity (Wildman–Crippen MR) is 127 cm³/mol. The van der Waals surface area contributed by atoms with E-state index in [1.54, 1.807) is 52.8 Å². The monoisotopic (exact) mass is 491 g/mol. The Balaban J connectivity index is 1.22. The van der Waals surface area contributed by atoms with Crippen LogP contribution in [0.4, 0.5) is 5.13 Å². The minimum absolute atomic E-state index is 0.00497. The smallest absolute Gasteiger partial charge is 0.243 e. The van der Waals surface area contributed by atoms with Gasteiger partial charge in [-0.1, -0.05) is 18.2 Å². The lowest BCUT2D eigenvalue weighted by Gasteiger charge is -2.34. The minimum Gasteiger partial charge on any atom is -0.346 e. The molecule has 0 aliphatic carbocycles. The van der Waals surface area contributed by atoms with Crippen LogP contribution in [0, 0.1) is 0 Å². The number of aromatic nitrogens is 1. The van der Waals surface area contributed by atoms with Gasteiger partial charge in [0.15, 0.2) is 5.13 Å². The molecule has 2 fully saturated rings. The first kappa shape index (κ1) is 23.7. The van der Waals surface area contributed by atoms with Gasteiger partial charge in [0, 0.05) is 76.8 Å². The maximum absolute atomic E-state index is 12.7. The molecule has 2 aliphatic heterocycles. The summed E-state index contributed by atoms with van der Waals surface area (Å²) in [6.45, 7) is 4.12. The fourth-order valence-corrected chi connectivity index (χ4v) is 6.32. The van der Waals surface area contributed by atoms with Gasteiger partial charge in [0.05, 0.1) is 4.90 Å². The number of carbonyl (C=O) groups is 2. The third-order valence-corrected chi connectivity index (χ3v) is 8.81. The summed E-state index contributed by atoms with van der Waals surface area (Å²) < 4.78 is 26.9. The standard InChI is InChI=1S/C22H29N5O4S2/c28-20(24-10-4-11-26(13-12-24)22-23-9-18-32-22)7-8-21(29)25-14-16-27(17-15-25)33(30,31)19-5-2-1-3-6-19/h1-3,5-6,9,18H,4,7-8,10-17H2. The van der Waals surface area contributed by atoms with Gasteiger partial charge in [-0.05, 0) is 18.6 Å². The van der Waals surface area contributed by atoms with Crippen molar-refractivity contribution in [2.45, 2.75) is 24.2 Å². The van der Waals surface area contributed by atoms with Crippen molar-refractivity contribution in [1.82, 2.24) is 19.1 Å². The molecule has 2 amide bonds. The summed E-state index contributed by atoms with van der Waals surface area (Å²) in [4.78, 5) is 35.7. The molecule has 4 rings (SSSR count). The van der Waals surface area contributed by atoms with Crippen molar-refractivity contribution in [2.24, 2.45) is 0 Å². The number of piperazine rings is 1. The molecule has 0 saturated carbocycles. The number of anilines is 1. The molecule has 0 spiro atoms. The molecular formula is C22H29N5O4S2. The van der Waals surface area contributed by atoms with E-state index in [2.05, 4.69) is 9.88 Å². The van der Waals surface area contributed by atoms with Gasteiger partial charge >= 0.3 is 0 Å². The summed E-state index contributed by atoms with van der Waals surface area (Å²) in [6, 6.07) is 8.34. The molecule has 1 aromatic heterocycles. The fourth-order valence-electron chi connectivity index (χ4n) is 4.18. The van der Waals surface area contributed by atoms with E-state index in [9.17, 15) is 18.0 Å². The quantitative estimate of drug-likeness (QED) is 0.608. The van der Waals surface area contributed by atoms with E-state index in [1.165, 1.54) is 4.31 Å². The molecule has 0 N–H and O–H groups in total. The normalized spacial score (nSPS) is 18.2. The molecule has 0 radical (unpaired) electrons. The maximum atomic E-state index is 12.7. The number of amides is 2. The summed E-state index contributed by atoms with van der Waals surface area (Å²) in [5, 5.41) is 2.93. The molecule has 1 aromatic carbocycles. The van der Waals surface area contributed by atoms with Crippen LogP contribution >= 0.6 is 11.3 Å². The number of hydrogen-bond acceptors (Lipinski definition) is 7. The Morgan fingerprint density at radius 3 is 2.12 bits per heavy atom. The number of hydrogen-bond donors (Lipinski definition) is 0. The Morgan fingerprint density at radius 1 is 0.848 bits per heavy atom. The minimum atomic E-state index is -3.55. The van der Waals surface area contributed by atoms with E-state index in [-0.39, 0.29) is 42.6 Å². The van der Waals surface area contributed by atoms with Gasteiger partial charge in [0.2, 0.25) is 21.8 Å². The highest BCUT2D eigenvalue weighted by Gasteiger charge is 2.30. The van der Waals surface area contributed by atoms with Gasteiger partial charge in [-0.25, -0.2) is 13.4 Å². The van der Waals surface area contributed by atoms with Crippen molar-refractivity contribution < 1.29 is 18.0 Å². The van der Waals surface area contributed by atoms with E-state index in [1.807, 2.05) is 10.3 Å². The molecule has 0 unspecified atom stereocenters. The van der Waals surface area contributed by atoms with Gasteiger partial charge in [-0.15, -0.1) is 11.3 Å². The molecule has 0 bridgehead atoms. The molecule has 33 heavy (non-hydrogen) atoms. The van der Waals surface area contributed by atoms with Crippen LogP contribution in [0.15, 0.2) is 46.8 Å². The van der Waals surface area contributed by atoms with Crippen LogP contribution in [0.25, 0.3) is 0 Å². The molecule has 178 valence electrons. The molecule has 0 atom stereocenters. The zero-order valence-corrected chi connectivity index (χ0v) is 20.1. The van der Waals surface area contributed by atoms with Crippen molar-refractivity contribution >= 4 is 38.3 Å². The van der Waals surface area contributed by atoms with Gasteiger partial charge in [-0.3, -0.25) is 9.59 Å². The molecule has 2 saturated heterocycles. The van der Waals surface area contributed by atoms with Crippen LogP contribution in [0.2, 0.25) is 0 Å². The molecule has 11 heteroatoms. The Kier molecular flexibility index (Phi) is 7.61. The summed E-state index contributed by atoms with van der Waals surface area (Å²) >= 11 is 1.60. The Morgan fingerprint density at radius 2 is 1.48 bits per heavy atom. The summed E-state index contributed by atoms with van der Waals surface area (Å²) in [5.41, 5.74) is 0. The molecule has 3 heterocycles. The van der Waals surface area contributed by atoms with Crippen molar-refractivity contribution in [3.63, 3.8) is 0 Å². The van der Waals surface area contributed by atoms with Crippen LogP contribution in [-0.4, -0.2) is 91.7 Å². The lowest BCUT2D eigenvalue weighted by Crippen LogP contribution is -2.50. The highest BCUT2D eigenvalue weighted by molar-refractivity contribution is 7.89. The van der Waals surface area contributed by atoms with Crippen LogP contribution in [0.1, 0.15) is 19.3 Å². The Bertz CT molecular complexity index is 1040. The average Bonchev–Trinajstić information content (AvgIpc) is 3.27. The van der Waals surface area contributed by atoms with E-state index in [4.69, 9.17) is 0 Å². The van der Waals surface area contributed by atoms with E-state index >= 15 is 0 Å². The van der Waals surface area contributed by atoms with Gasteiger partial charge in [-0.2, -0.15) is 4.31 Å². The number of nitrogens with zero attached hydrogens (tertiary/aromatic N) is 5. The molecule has 9 nitrogen and oxygen atoms in total. The lowest BCUT2D eigenvalue weighted by molar-refractivity contribution is -0.137. The zero-order chi connectivity index (χ0) is 23.3. The van der Waals surface area contributed by atoms with Crippen LogP contribution < -0.4 is 4.90 Å². The lowest BCUT2D eigenvalue weighted by atomic mass is 10.2. The van der Waals surface area contributed by atoms with E-state index in [0.717, 1.165) is 24.6 Å². The first-order valence-electron chi connectivity index (χ1n) is 11.2. The van der Waals surface area contributed by atoms with Crippen LogP contribution in [0.5, 0.6) is 0 Å². The number of sulfonamides is 1.